The Hall–Kier alpha value is -1.90. The van der Waals surface area contributed by atoms with Gasteiger partial charge in [-0.15, -0.1) is 0 Å². The number of nitrogens with one attached hydrogen (secondary N) is 1. The summed E-state index contributed by atoms with van der Waals surface area (Å²) in [6.07, 6.45) is 2.38. The lowest BCUT2D eigenvalue weighted by Gasteiger charge is -2.26. The predicted molar refractivity (Wildman–Crippen MR) is 76.1 cm³/mol. The van der Waals surface area contributed by atoms with Crippen LogP contribution in [-0.4, -0.2) is 34.9 Å². The Balaban J connectivity index is 2.07. The van der Waals surface area contributed by atoms with E-state index in [9.17, 15) is 14.3 Å². The first-order valence-corrected chi connectivity index (χ1v) is 6.98. The Morgan fingerprint density at radius 2 is 2.05 bits per heavy atom. The molecule has 3 N–H and O–H groups in total. The molecule has 0 radical (unpaired) electrons. The van der Waals surface area contributed by atoms with Gasteiger partial charge in [0, 0.05) is 11.6 Å². The van der Waals surface area contributed by atoms with E-state index < -0.39 is 11.7 Å². The summed E-state index contributed by atoms with van der Waals surface area (Å²) in [6.45, 7) is -0.288. The van der Waals surface area contributed by atoms with Crippen LogP contribution in [-0.2, 0) is 0 Å². The van der Waals surface area contributed by atoms with Gasteiger partial charge < -0.3 is 15.5 Å². The number of benzene rings is 1. The lowest BCUT2D eigenvalue weighted by Crippen LogP contribution is -2.38. The Labute approximate surface area is 123 Å². The Bertz CT molecular complexity index is 569. The van der Waals surface area contributed by atoms with Crippen LogP contribution in [0.1, 0.15) is 41.6 Å². The van der Waals surface area contributed by atoms with Gasteiger partial charge in [-0.2, -0.15) is 0 Å². The molecule has 1 aliphatic rings. The third kappa shape index (κ3) is 4.28. The molecule has 0 atom stereocenters. The standard InChI is InChI=1S/C16H18FNO3/c17-15-8-3-11(2-1-9-19)10-14(15)16(21)18-12-4-6-13(20)7-5-12/h3,8,10,12-13,19-20H,4-7,9H2,(H,18,21). The molecule has 1 fully saturated rings. The van der Waals surface area contributed by atoms with Gasteiger partial charge in [0.2, 0.25) is 0 Å². The summed E-state index contributed by atoms with van der Waals surface area (Å²) in [6, 6.07) is 4.00. The average Bonchev–Trinajstić information content (AvgIpc) is 2.48. The molecular weight excluding hydrogens is 273 g/mol. The maximum absolute atomic E-state index is 13.8. The molecule has 1 aliphatic carbocycles. The number of amides is 1. The number of carbonyl (C=O) groups is 1. The van der Waals surface area contributed by atoms with E-state index in [4.69, 9.17) is 5.11 Å². The first-order valence-electron chi connectivity index (χ1n) is 6.98. The predicted octanol–water partition coefficient (Wildman–Crippen LogP) is 1.20. The van der Waals surface area contributed by atoms with Gasteiger partial charge in [0.15, 0.2) is 0 Å². The summed E-state index contributed by atoms with van der Waals surface area (Å²) in [5.74, 6) is 4.04. The van der Waals surface area contributed by atoms with Gasteiger partial charge in [-0.05, 0) is 43.9 Å². The Kier molecular flexibility index (Phi) is 5.32. The maximum atomic E-state index is 13.8. The molecular formula is C16H18FNO3. The van der Waals surface area contributed by atoms with Crippen molar-refractivity contribution >= 4 is 5.91 Å². The second-order valence-electron chi connectivity index (χ2n) is 5.13. The second kappa shape index (κ2) is 7.21. The molecule has 1 aromatic carbocycles. The number of hydrogen-bond donors (Lipinski definition) is 3. The minimum absolute atomic E-state index is 0.0347. The van der Waals surface area contributed by atoms with Crippen molar-refractivity contribution in [3.8, 4) is 11.8 Å². The van der Waals surface area contributed by atoms with E-state index in [1.807, 2.05) is 0 Å². The molecule has 2 rings (SSSR count). The minimum atomic E-state index is -0.599. The molecule has 1 saturated carbocycles. The van der Waals surface area contributed by atoms with E-state index in [0.717, 1.165) is 0 Å². The Morgan fingerprint density at radius 3 is 2.71 bits per heavy atom. The van der Waals surface area contributed by atoms with Crippen molar-refractivity contribution in [1.29, 1.82) is 0 Å². The lowest BCUT2D eigenvalue weighted by atomic mass is 9.93. The highest BCUT2D eigenvalue weighted by Crippen LogP contribution is 2.19. The smallest absolute Gasteiger partial charge is 0.254 e. The fourth-order valence-electron chi connectivity index (χ4n) is 2.40. The van der Waals surface area contributed by atoms with Crippen molar-refractivity contribution in [1.82, 2.24) is 5.32 Å². The van der Waals surface area contributed by atoms with Crippen LogP contribution in [0.5, 0.6) is 0 Å². The van der Waals surface area contributed by atoms with Crippen LogP contribution in [0.3, 0.4) is 0 Å². The quantitative estimate of drug-likeness (QED) is 0.717. The fourth-order valence-corrected chi connectivity index (χ4v) is 2.40. The van der Waals surface area contributed by atoms with Crippen LogP contribution in [0.2, 0.25) is 0 Å². The molecule has 21 heavy (non-hydrogen) atoms. The first-order chi connectivity index (χ1) is 10.1. The molecule has 1 aromatic rings. The molecule has 0 heterocycles. The van der Waals surface area contributed by atoms with Gasteiger partial charge in [0.1, 0.15) is 12.4 Å². The molecule has 0 aliphatic heterocycles. The molecule has 5 heteroatoms. The third-order valence-electron chi connectivity index (χ3n) is 3.55. The molecule has 0 saturated heterocycles. The molecule has 112 valence electrons. The highest BCUT2D eigenvalue weighted by molar-refractivity contribution is 5.95. The summed E-state index contributed by atoms with van der Waals surface area (Å²) in [4.78, 5) is 12.1. The van der Waals surface area contributed by atoms with Crippen molar-refractivity contribution in [2.45, 2.75) is 37.8 Å². The SMILES string of the molecule is O=C(NC1CCC(O)CC1)c1cc(C#CCO)ccc1F. The number of rotatable bonds is 2. The molecule has 0 aromatic heterocycles. The van der Waals surface area contributed by atoms with Crippen LogP contribution >= 0.6 is 0 Å². The monoisotopic (exact) mass is 291 g/mol. The average molecular weight is 291 g/mol. The molecule has 0 spiro atoms. The van der Waals surface area contributed by atoms with Crippen molar-refractivity contribution in [2.75, 3.05) is 6.61 Å². The molecule has 4 nitrogen and oxygen atoms in total. The highest BCUT2D eigenvalue weighted by Gasteiger charge is 2.22. The summed E-state index contributed by atoms with van der Waals surface area (Å²) in [5, 5.41) is 20.9. The normalized spacial score (nSPS) is 21.3. The van der Waals surface area contributed by atoms with Gasteiger partial charge in [0.25, 0.3) is 5.91 Å². The van der Waals surface area contributed by atoms with E-state index in [2.05, 4.69) is 17.2 Å². The summed E-state index contributed by atoms with van der Waals surface area (Å²) in [7, 11) is 0. The van der Waals surface area contributed by atoms with E-state index >= 15 is 0 Å². The van der Waals surface area contributed by atoms with E-state index in [1.54, 1.807) is 0 Å². The van der Waals surface area contributed by atoms with Gasteiger partial charge in [-0.1, -0.05) is 11.8 Å². The van der Waals surface area contributed by atoms with Gasteiger partial charge in [-0.25, -0.2) is 4.39 Å². The van der Waals surface area contributed by atoms with Crippen LogP contribution in [0, 0.1) is 17.7 Å². The zero-order chi connectivity index (χ0) is 15.2. The van der Waals surface area contributed by atoms with Crippen LogP contribution < -0.4 is 5.32 Å². The summed E-state index contributed by atoms with van der Waals surface area (Å²) in [5.41, 5.74) is 0.431. The highest BCUT2D eigenvalue weighted by atomic mass is 19.1. The molecule has 1 amide bonds. The minimum Gasteiger partial charge on any atom is -0.393 e. The van der Waals surface area contributed by atoms with Crippen LogP contribution in [0.4, 0.5) is 4.39 Å². The first kappa shape index (κ1) is 15.5. The topological polar surface area (TPSA) is 69.6 Å². The third-order valence-corrected chi connectivity index (χ3v) is 3.55. The van der Waals surface area contributed by atoms with Crippen molar-refractivity contribution < 1.29 is 19.4 Å². The van der Waals surface area contributed by atoms with E-state index in [-0.39, 0.29) is 24.3 Å². The summed E-state index contributed by atoms with van der Waals surface area (Å²) >= 11 is 0. The van der Waals surface area contributed by atoms with Gasteiger partial charge >= 0.3 is 0 Å². The second-order valence-corrected chi connectivity index (χ2v) is 5.13. The van der Waals surface area contributed by atoms with Gasteiger partial charge in [0.05, 0.1) is 11.7 Å². The largest absolute Gasteiger partial charge is 0.393 e. The van der Waals surface area contributed by atoms with Crippen molar-refractivity contribution in [2.24, 2.45) is 0 Å². The zero-order valence-corrected chi connectivity index (χ0v) is 11.6. The van der Waals surface area contributed by atoms with E-state index in [0.29, 0.717) is 31.2 Å². The maximum Gasteiger partial charge on any atom is 0.254 e. The molecule has 0 unspecified atom stereocenters. The zero-order valence-electron chi connectivity index (χ0n) is 11.6. The number of halogens is 1. The van der Waals surface area contributed by atoms with Crippen molar-refractivity contribution in [3.63, 3.8) is 0 Å². The Morgan fingerprint density at radius 1 is 1.33 bits per heavy atom. The van der Waals surface area contributed by atoms with Crippen molar-refractivity contribution in [3.05, 3.63) is 35.1 Å². The lowest BCUT2D eigenvalue weighted by molar-refractivity contribution is 0.0864. The van der Waals surface area contributed by atoms with Gasteiger partial charge in [-0.3, -0.25) is 4.79 Å². The number of aliphatic hydroxyl groups is 2. The number of carbonyl (C=O) groups excluding carboxylic acids is 1. The number of hydrogen-bond acceptors (Lipinski definition) is 3. The fraction of sp³-hybridized carbons (Fsp3) is 0.438. The van der Waals surface area contributed by atoms with Crippen LogP contribution in [0.15, 0.2) is 18.2 Å². The number of aliphatic hydroxyl groups excluding tert-OH is 2. The van der Waals surface area contributed by atoms with Crippen LogP contribution in [0.25, 0.3) is 0 Å². The summed E-state index contributed by atoms with van der Waals surface area (Å²) < 4.78 is 13.8. The van der Waals surface area contributed by atoms with E-state index in [1.165, 1.54) is 18.2 Å². The molecule has 0 bridgehead atoms.